The Bertz CT molecular complexity index is 521. The van der Waals surface area contributed by atoms with Crippen LogP contribution in [-0.2, 0) is 11.2 Å². The molecule has 5 heteroatoms. The van der Waals surface area contributed by atoms with Crippen LogP contribution >= 0.6 is 0 Å². The van der Waals surface area contributed by atoms with E-state index in [0.29, 0.717) is 24.8 Å². The van der Waals surface area contributed by atoms with Crippen molar-refractivity contribution in [2.75, 3.05) is 7.11 Å². The molecule has 19 heavy (non-hydrogen) atoms. The third-order valence-corrected chi connectivity index (χ3v) is 3.53. The predicted molar refractivity (Wildman–Crippen MR) is 67.7 cm³/mol. The van der Waals surface area contributed by atoms with Crippen LogP contribution in [0.3, 0.4) is 0 Å². The van der Waals surface area contributed by atoms with Gasteiger partial charge in [0.1, 0.15) is 0 Å². The fourth-order valence-electron chi connectivity index (χ4n) is 2.50. The van der Waals surface area contributed by atoms with Gasteiger partial charge in [-0.05, 0) is 30.9 Å². The highest BCUT2D eigenvalue weighted by molar-refractivity contribution is 6.03. The summed E-state index contributed by atoms with van der Waals surface area (Å²) in [5, 5.41) is 18.7. The summed E-state index contributed by atoms with van der Waals surface area (Å²) in [7, 11) is 1.43. The minimum atomic E-state index is -0.909. The molecule has 1 atom stereocenters. The summed E-state index contributed by atoms with van der Waals surface area (Å²) in [6.45, 7) is 0. The van der Waals surface area contributed by atoms with Crippen molar-refractivity contribution in [1.82, 2.24) is 0 Å². The van der Waals surface area contributed by atoms with Crippen molar-refractivity contribution in [1.29, 1.82) is 0 Å². The zero-order chi connectivity index (χ0) is 14.0. The first-order chi connectivity index (χ1) is 9.04. The Hall–Kier alpha value is -2.04. The Morgan fingerprint density at radius 3 is 2.84 bits per heavy atom. The zero-order valence-electron chi connectivity index (χ0n) is 10.7. The van der Waals surface area contributed by atoms with Crippen molar-refractivity contribution in [3.63, 3.8) is 0 Å². The van der Waals surface area contributed by atoms with Crippen LogP contribution in [0.1, 0.15) is 35.2 Å². The standard InChI is InChI=1S/C14H16O5/c1-19-10-6-4-8-2-3-9(5-7-11(15)16)13(17)12(8)14(10)18/h4,6,9,18H,2-3,5,7H2,1H3,(H,15,16)/t9-/m1/s1. The quantitative estimate of drug-likeness (QED) is 0.869. The summed E-state index contributed by atoms with van der Waals surface area (Å²) in [5.74, 6) is -1.29. The summed E-state index contributed by atoms with van der Waals surface area (Å²) in [6, 6.07) is 3.41. The molecule has 0 spiro atoms. The van der Waals surface area contributed by atoms with Crippen LogP contribution in [-0.4, -0.2) is 29.1 Å². The van der Waals surface area contributed by atoms with Crippen LogP contribution in [0.15, 0.2) is 12.1 Å². The van der Waals surface area contributed by atoms with Crippen molar-refractivity contribution in [2.45, 2.75) is 25.7 Å². The molecule has 2 rings (SSSR count). The van der Waals surface area contributed by atoms with Crippen LogP contribution in [0.25, 0.3) is 0 Å². The lowest BCUT2D eigenvalue weighted by Gasteiger charge is -2.24. The highest BCUT2D eigenvalue weighted by Crippen LogP contribution is 2.38. The van der Waals surface area contributed by atoms with Crippen molar-refractivity contribution in [3.8, 4) is 11.5 Å². The summed E-state index contributed by atoms with van der Waals surface area (Å²) in [6.07, 6.45) is 1.58. The molecule has 0 fully saturated rings. The van der Waals surface area contributed by atoms with Gasteiger partial charge >= 0.3 is 5.97 Å². The van der Waals surface area contributed by atoms with Crippen molar-refractivity contribution >= 4 is 11.8 Å². The van der Waals surface area contributed by atoms with Crippen LogP contribution in [0.5, 0.6) is 11.5 Å². The van der Waals surface area contributed by atoms with E-state index in [1.54, 1.807) is 12.1 Å². The Morgan fingerprint density at radius 1 is 1.47 bits per heavy atom. The third kappa shape index (κ3) is 2.54. The number of aryl methyl sites for hydroxylation is 1. The highest BCUT2D eigenvalue weighted by Gasteiger charge is 2.31. The second-order valence-electron chi connectivity index (χ2n) is 4.68. The molecule has 0 aliphatic heterocycles. The predicted octanol–water partition coefficient (Wildman–Crippen LogP) is 2.01. The molecule has 1 aliphatic rings. The van der Waals surface area contributed by atoms with Crippen LogP contribution < -0.4 is 4.74 Å². The number of rotatable bonds is 4. The number of ketones is 1. The Labute approximate surface area is 110 Å². The number of carboxylic acids is 1. The van der Waals surface area contributed by atoms with Gasteiger partial charge in [-0.2, -0.15) is 0 Å². The summed E-state index contributed by atoms with van der Waals surface area (Å²) >= 11 is 0. The first-order valence-corrected chi connectivity index (χ1v) is 6.19. The number of carbonyl (C=O) groups is 2. The molecule has 1 aliphatic carbocycles. The molecule has 0 saturated carbocycles. The van der Waals surface area contributed by atoms with E-state index < -0.39 is 5.97 Å². The van der Waals surface area contributed by atoms with Gasteiger partial charge in [0.15, 0.2) is 17.3 Å². The fourth-order valence-corrected chi connectivity index (χ4v) is 2.50. The van der Waals surface area contributed by atoms with Gasteiger partial charge in [0.25, 0.3) is 0 Å². The molecule has 1 aromatic carbocycles. The maximum Gasteiger partial charge on any atom is 0.303 e. The SMILES string of the molecule is COc1ccc2c(c1O)C(=O)[C@@H](CCC(=O)O)CC2. The van der Waals surface area contributed by atoms with Gasteiger partial charge in [-0.25, -0.2) is 0 Å². The van der Waals surface area contributed by atoms with Gasteiger partial charge in [-0.1, -0.05) is 6.07 Å². The number of aromatic hydroxyl groups is 1. The normalized spacial score (nSPS) is 17.9. The van der Waals surface area contributed by atoms with E-state index in [4.69, 9.17) is 9.84 Å². The Kier molecular flexibility index (Phi) is 3.74. The second kappa shape index (κ2) is 5.30. The fraction of sp³-hybridized carbons (Fsp3) is 0.429. The topological polar surface area (TPSA) is 83.8 Å². The molecule has 0 unspecified atom stereocenters. The average molecular weight is 264 g/mol. The van der Waals surface area contributed by atoms with E-state index in [2.05, 4.69) is 0 Å². The minimum absolute atomic E-state index is 0.0313. The van der Waals surface area contributed by atoms with Gasteiger partial charge < -0.3 is 14.9 Å². The number of hydrogen-bond acceptors (Lipinski definition) is 4. The number of hydrogen-bond donors (Lipinski definition) is 2. The number of methoxy groups -OCH3 is 1. The van der Waals surface area contributed by atoms with E-state index >= 15 is 0 Å². The molecule has 0 radical (unpaired) electrons. The lowest BCUT2D eigenvalue weighted by molar-refractivity contribution is -0.137. The molecular weight excluding hydrogens is 248 g/mol. The molecule has 0 bridgehead atoms. The van der Waals surface area contributed by atoms with Crippen molar-refractivity contribution in [2.24, 2.45) is 5.92 Å². The Balaban J connectivity index is 2.29. The first-order valence-electron chi connectivity index (χ1n) is 6.19. The maximum absolute atomic E-state index is 12.3. The third-order valence-electron chi connectivity index (χ3n) is 3.53. The van der Waals surface area contributed by atoms with Gasteiger partial charge in [0.05, 0.1) is 12.7 Å². The van der Waals surface area contributed by atoms with E-state index in [9.17, 15) is 14.7 Å². The van der Waals surface area contributed by atoms with Crippen LogP contribution in [0.2, 0.25) is 0 Å². The molecular formula is C14H16O5. The number of aliphatic carboxylic acids is 1. The molecule has 0 saturated heterocycles. The van der Waals surface area contributed by atoms with E-state index in [1.807, 2.05) is 0 Å². The zero-order valence-corrected chi connectivity index (χ0v) is 10.7. The number of Topliss-reactive ketones (excluding diaryl/α,β-unsaturated/α-hetero) is 1. The van der Waals surface area contributed by atoms with Gasteiger partial charge in [-0.3, -0.25) is 9.59 Å². The number of phenolic OH excluding ortho intramolecular Hbond substituents is 1. The van der Waals surface area contributed by atoms with Crippen LogP contribution in [0, 0.1) is 5.92 Å². The summed E-state index contributed by atoms with van der Waals surface area (Å²) in [5.41, 5.74) is 1.09. The molecule has 0 aromatic heterocycles. The molecule has 102 valence electrons. The van der Waals surface area contributed by atoms with E-state index in [0.717, 1.165) is 5.56 Å². The number of ether oxygens (including phenoxy) is 1. The number of benzene rings is 1. The summed E-state index contributed by atoms with van der Waals surface area (Å²) in [4.78, 5) is 22.9. The molecule has 2 N–H and O–H groups in total. The van der Waals surface area contributed by atoms with E-state index in [1.165, 1.54) is 7.11 Å². The minimum Gasteiger partial charge on any atom is -0.504 e. The van der Waals surface area contributed by atoms with Crippen molar-refractivity contribution < 1.29 is 24.5 Å². The van der Waals surface area contributed by atoms with Gasteiger partial charge in [0, 0.05) is 12.3 Å². The summed E-state index contributed by atoms with van der Waals surface area (Å²) < 4.78 is 5.00. The number of carboxylic acid groups (broad SMARTS) is 1. The number of carbonyl (C=O) groups excluding carboxylic acids is 1. The van der Waals surface area contributed by atoms with Crippen molar-refractivity contribution in [3.05, 3.63) is 23.3 Å². The lowest BCUT2D eigenvalue weighted by Crippen LogP contribution is -2.23. The molecule has 0 heterocycles. The molecule has 1 aromatic rings. The first kappa shape index (κ1) is 13.4. The lowest BCUT2D eigenvalue weighted by atomic mass is 9.80. The molecule has 0 amide bonds. The van der Waals surface area contributed by atoms with Gasteiger partial charge in [-0.15, -0.1) is 0 Å². The van der Waals surface area contributed by atoms with E-state index in [-0.39, 0.29) is 29.6 Å². The highest BCUT2D eigenvalue weighted by atomic mass is 16.5. The average Bonchev–Trinajstić information content (AvgIpc) is 2.38. The second-order valence-corrected chi connectivity index (χ2v) is 4.68. The largest absolute Gasteiger partial charge is 0.504 e. The van der Waals surface area contributed by atoms with Gasteiger partial charge in [0.2, 0.25) is 0 Å². The number of phenols is 1. The maximum atomic E-state index is 12.3. The Morgan fingerprint density at radius 2 is 2.21 bits per heavy atom. The number of fused-ring (bicyclic) bond motifs is 1. The smallest absolute Gasteiger partial charge is 0.303 e. The monoisotopic (exact) mass is 264 g/mol. The molecule has 5 nitrogen and oxygen atoms in total. The van der Waals surface area contributed by atoms with Crippen LogP contribution in [0.4, 0.5) is 0 Å².